The summed E-state index contributed by atoms with van der Waals surface area (Å²) in [6, 6.07) is 0. The molecule has 0 unspecified atom stereocenters. The summed E-state index contributed by atoms with van der Waals surface area (Å²) in [7, 11) is 4.46. The first kappa shape index (κ1) is 9.92. The topological polar surface area (TPSA) is 40.6 Å². The quantitative estimate of drug-likeness (QED) is 0.698. The van der Waals surface area contributed by atoms with Crippen molar-refractivity contribution < 1.29 is 14.2 Å². The van der Waals surface area contributed by atoms with E-state index in [4.69, 9.17) is 25.8 Å². The van der Waals surface area contributed by atoms with E-state index in [0.29, 0.717) is 17.2 Å². The van der Waals surface area contributed by atoms with Crippen molar-refractivity contribution in [2.75, 3.05) is 21.3 Å². The Morgan fingerprint density at radius 1 is 1.08 bits per heavy atom. The van der Waals surface area contributed by atoms with Gasteiger partial charge in [0.05, 0.1) is 21.3 Å². The maximum absolute atomic E-state index is 5.73. The molecule has 0 N–H and O–H groups in total. The Morgan fingerprint density at radius 3 is 2.15 bits per heavy atom. The van der Waals surface area contributed by atoms with E-state index in [1.165, 1.54) is 21.3 Å². The van der Waals surface area contributed by atoms with Crippen molar-refractivity contribution in [1.82, 2.24) is 4.98 Å². The largest absolute Gasteiger partial charge is 0.491 e. The van der Waals surface area contributed by atoms with Crippen LogP contribution < -0.4 is 14.2 Å². The molecule has 13 heavy (non-hydrogen) atoms. The molecule has 1 aromatic rings. The third-order valence-electron chi connectivity index (χ3n) is 1.47. The summed E-state index contributed by atoms with van der Waals surface area (Å²) < 4.78 is 15.0. The number of hydrogen-bond acceptors (Lipinski definition) is 4. The monoisotopic (exact) mass is 202 g/mol. The lowest BCUT2D eigenvalue weighted by atomic mass is 10.4. The van der Waals surface area contributed by atoms with Gasteiger partial charge in [0.1, 0.15) is 6.20 Å². The minimum Gasteiger partial charge on any atom is -0.491 e. The van der Waals surface area contributed by atoms with Crippen molar-refractivity contribution in [3.63, 3.8) is 0 Å². The number of rotatable bonds is 3. The highest BCUT2D eigenvalue weighted by atomic mass is 35.5. The standard InChI is InChI=1S/C8H9ClNO3/c1-11-5-4-10-8(9)7(13-3)6(5)12-2/h1-3H3. The second kappa shape index (κ2) is 4.18. The molecule has 1 heterocycles. The van der Waals surface area contributed by atoms with Gasteiger partial charge in [0.25, 0.3) is 0 Å². The first-order valence-electron chi connectivity index (χ1n) is 3.47. The van der Waals surface area contributed by atoms with Crippen LogP contribution in [0.5, 0.6) is 17.2 Å². The molecule has 4 nitrogen and oxygen atoms in total. The zero-order chi connectivity index (χ0) is 9.84. The second-order valence-electron chi connectivity index (χ2n) is 2.11. The van der Waals surface area contributed by atoms with Gasteiger partial charge in [-0.1, -0.05) is 11.6 Å². The molecule has 0 aromatic carbocycles. The first-order chi connectivity index (χ1) is 6.24. The molecule has 0 saturated carbocycles. The maximum Gasteiger partial charge on any atom is 0.208 e. The lowest BCUT2D eigenvalue weighted by molar-refractivity contribution is 0.321. The fourth-order valence-corrected chi connectivity index (χ4v) is 1.10. The minimum atomic E-state index is 0.195. The van der Waals surface area contributed by atoms with Gasteiger partial charge < -0.3 is 14.2 Å². The summed E-state index contributed by atoms with van der Waals surface area (Å²) in [6.45, 7) is 0. The average Bonchev–Trinajstić information content (AvgIpc) is 2.17. The van der Waals surface area contributed by atoms with Crippen LogP contribution >= 0.6 is 11.6 Å². The fraction of sp³-hybridized carbons (Fsp3) is 0.375. The van der Waals surface area contributed by atoms with E-state index in [2.05, 4.69) is 11.2 Å². The van der Waals surface area contributed by atoms with Crippen LogP contribution in [-0.4, -0.2) is 26.3 Å². The Hall–Kier alpha value is -1.16. The zero-order valence-electron chi connectivity index (χ0n) is 7.55. The van der Waals surface area contributed by atoms with E-state index >= 15 is 0 Å². The fourth-order valence-electron chi connectivity index (χ4n) is 0.899. The summed E-state index contributed by atoms with van der Waals surface area (Å²) >= 11 is 5.73. The minimum absolute atomic E-state index is 0.195. The Kier molecular flexibility index (Phi) is 3.19. The van der Waals surface area contributed by atoms with Gasteiger partial charge in [0.2, 0.25) is 11.5 Å². The van der Waals surface area contributed by atoms with E-state index in [1.54, 1.807) is 0 Å². The lowest BCUT2D eigenvalue weighted by Gasteiger charge is -2.10. The van der Waals surface area contributed by atoms with Gasteiger partial charge in [-0.3, -0.25) is 0 Å². The van der Waals surface area contributed by atoms with Crippen LogP contribution in [0.1, 0.15) is 0 Å². The molecule has 0 aliphatic heterocycles. The molecule has 0 spiro atoms. The third kappa shape index (κ3) is 1.78. The molecular weight excluding hydrogens is 194 g/mol. The summed E-state index contributed by atoms with van der Waals surface area (Å²) in [4.78, 5) is 3.74. The van der Waals surface area contributed by atoms with E-state index < -0.39 is 0 Å². The third-order valence-corrected chi connectivity index (χ3v) is 1.72. The smallest absolute Gasteiger partial charge is 0.208 e. The molecule has 71 valence electrons. The maximum atomic E-state index is 5.73. The Balaban J connectivity index is 3.27. The summed E-state index contributed by atoms with van der Waals surface area (Å²) in [6.07, 6.45) is 2.57. The second-order valence-corrected chi connectivity index (χ2v) is 2.47. The van der Waals surface area contributed by atoms with Crippen molar-refractivity contribution in [2.45, 2.75) is 0 Å². The normalized spacial score (nSPS) is 9.54. The highest BCUT2D eigenvalue weighted by Gasteiger charge is 2.15. The molecule has 1 aromatic heterocycles. The number of ether oxygens (including phenoxy) is 3. The zero-order valence-corrected chi connectivity index (χ0v) is 8.31. The average molecular weight is 203 g/mol. The van der Waals surface area contributed by atoms with E-state index in [0.717, 1.165) is 0 Å². The van der Waals surface area contributed by atoms with Gasteiger partial charge in [-0.05, 0) is 0 Å². The molecule has 0 fully saturated rings. The van der Waals surface area contributed by atoms with Crippen molar-refractivity contribution in [3.05, 3.63) is 11.3 Å². The van der Waals surface area contributed by atoms with Crippen molar-refractivity contribution >= 4 is 11.6 Å². The predicted octanol–water partition coefficient (Wildman–Crippen LogP) is 1.56. The van der Waals surface area contributed by atoms with Gasteiger partial charge in [-0.2, -0.15) is 0 Å². The van der Waals surface area contributed by atoms with Crippen LogP contribution in [-0.2, 0) is 0 Å². The molecule has 1 rings (SSSR count). The van der Waals surface area contributed by atoms with E-state index in [1.807, 2.05) is 0 Å². The number of aromatic nitrogens is 1. The van der Waals surface area contributed by atoms with Gasteiger partial charge in [-0.25, -0.2) is 4.98 Å². The molecule has 0 saturated heterocycles. The summed E-state index contributed by atoms with van der Waals surface area (Å²) in [5, 5.41) is 0.195. The molecule has 0 bridgehead atoms. The van der Waals surface area contributed by atoms with Gasteiger partial charge >= 0.3 is 0 Å². The van der Waals surface area contributed by atoms with Crippen LogP contribution in [0.3, 0.4) is 0 Å². The van der Waals surface area contributed by atoms with Crippen LogP contribution in [0.2, 0.25) is 5.15 Å². The molecule has 0 aliphatic rings. The van der Waals surface area contributed by atoms with Gasteiger partial charge in [-0.15, -0.1) is 0 Å². The van der Waals surface area contributed by atoms with Crippen molar-refractivity contribution in [1.29, 1.82) is 0 Å². The summed E-state index contributed by atoms with van der Waals surface area (Å²) in [5.41, 5.74) is 0. The highest BCUT2D eigenvalue weighted by Crippen LogP contribution is 2.39. The van der Waals surface area contributed by atoms with Crippen LogP contribution in [0.4, 0.5) is 0 Å². The highest BCUT2D eigenvalue weighted by molar-refractivity contribution is 6.31. The molecule has 0 atom stereocenters. The number of methoxy groups -OCH3 is 3. The number of pyridine rings is 1. The Bertz CT molecular complexity index is 304. The molecule has 1 radical (unpaired) electrons. The van der Waals surface area contributed by atoms with Crippen LogP contribution in [0.25, 0.3) is 0 Å². The molecule has 0 aliphatic carbocycles. The predicted molar refractivity (Wildman–Crippen MR) is 47.7 cm³/mol. The molecule has 5 heteroatoms. The lowest BCUT2D eigenvalue weighted by Crippen LogP contribution is -1.97. The van der Waals surface area contributed by atoms with Crippen LogP contribution in [0.15, 0.2) is 0 Å². The number of hydrogen-bond donors (Lipinski definition) is 0. The van der Waals surface area contributed by atoms with Gasteiger partial charge in [0.15, 0.2) is 10.9 Å². The van der Waals surface area contributed by atoms with Gasteiger partial charge in [0, 0.05) is 0 Å². The van der Waals surface area contributed by atoms with Crippen LogP contribution in [0, 0.1) is 6.20 Å². The van der Waals surface area contributed by atoms with Crippen molar-refractivity contribution in [3.8, 4) is 17.2 Å². The summed E-state index contributed by atoms with van der Waals surface area (Å²) in [5.74, 6) is 1.11. The first-order valence-corrected chi connectivity index (χ1v) is 3.85. The van der Waals surface area contributed by atoms with E-state index in [-0.39, 0.29) is 5.15 Å². The molecular formula is C8H9ClNO3. The molecule has 0 amide bonds. The Labute approximate surface area is 81.4 Å². The van der Waals surface area contributed by atoms with Crippen molar-refractivity contribution in [2.24, 2.45) is 0 Å². The Morgan fingerprint density at radius 2 is 1.69 bits per heavy atom. The van der Waals surface area contributed by atoms with E-state index in [9.17, 15) is 0 Å². The SMILES string of the molecule is COc1[c]nc(Cl)c(OC)c1OC. The number of nitrogens with zero attached hydrogens (tertiary/aromatic N) is 1. The number of halogens is 1.